The second-order valence-corrected chi connectivity index (χ2v) is 4.10. The van der Waals surface area contributed by atoms with E-state index in [0.717, 1.165) is 30.4 Å². The fourth-order valence-corrected chi connectivity index (χ4v) is 1.96. The summed E-state index contributed by atoms with van der Waals surface area (Å²) in [5.74, 6) is 1.62. The molecule has 0 spiro atoms. The van der Waals surface area contributed by atoms with Gasteiger partial charge in [0.05, 0.1) is 5.71 Å². The zero-order chi connectivity index (χ0) is 8.97. The van der Waals surface area contributed by atoms with Crippen molar-refractivity contribution in [3.8, 4) is 0 Å². The average Bonchev–Trinajstić information content (AvgIpc) is 2.28. The fraction of sp³-hybridized carbons (Fsp3) is 0.900. The Balaban J connectivity index is 2.44. The summed E-state index contributed by atoms with van der Waals surface area (Å²) in [5.41, 5.74) is 0.998. The molecule has 12 heavy (non-hydrogen) atoms. The van der Waals surface area contributed by atoms with Crippen LogP contribution in [0.5, 0.6) is 0 Å². The van der Waals surface area contributed by atoms with Crippen LogP contribution in [0.15, 0.2) is 5.16 Å². The summed E-state index contributed by atoms with van der Waals surface area (Å²) >= 11 is 0. The molecule has 0 saturated heterocycles. The van der Waals surface area contributed by atoms with Gasteiger partial charge in [0, 0.05) is 0 Å². The predicted molar refractivity (Wildman–Crippen MR) is 50.6 cm³/mol. The first-order valence-corrected chi connectivity index (χ1v) is 4.94. The van der Waals surface area contributed by atoms with Crippen LogP contribution in [-0.4, -0.2) is 10.9 Å². The number of hydrogen-bond acceptors (Lipinski definition) is 2. The zero-order valence-electron chi connectivity index (χ0n) is 8.08. The minimum absolute atomic E-state index is 0.781. The Bertz CT molecular complexity index is 163. The molecule has 1 rings (SSSR count). The molecule has 0 heterocycles. The van der Waals surface area contributed by atoms with Crippen LogP contribution in [0.25, 0.3) is 0 Å². The van der Waals surface area contributed by atoms with E-state index in [4.69, 9.17) is 5.21 Å². The highest BCUT2D eigenvalue weighted by atomic mass is 16.4. The van der Waals surface area contributed by atoms with E-state index in [1.807, 2.05) is 0 Å². The summed E-state index contributed by atoms with van der Waals surface area (Å²) in [6.45, 7) is 4.57. The Morgan fingerprint density at radius 3 is 2.67 bits per heavy atom. The lowest BCUT2D eigenvalue weighted by atomic mass is 9.89. The molecular weight excluding hydrogens is 150 g/mol. The van der Waals surface area contributed by atoms with E-state index in [2.05, 4.69) is 19.0 Å². The van der Waals surface area contributed by atoms with Gasteiger partial charge >= 0.3 is 0 Å². The van der Waals surface area contributed by atoms with Crippen LogP contribution in [0, 0.1) is 11.8 Å². The minimum Gasteiger partial charge on any atom is -0.411 e. The van der Waals surface area contributed by atoms with Gasteiger partial charge in [0.2, 0.25) is 0 Å². The molecule has 2 nitrogen and oxygen atoms in total. The second-order valence-electron chi connectivity index (χ2n) is 4.10. The first kappa shape index (κ1) is 9.56. The Morgan fingerprint density at radius 1 is 1.33 bits per heavy atom. The normalized spacial score (nSPS) is 29.2. The van der Waals surface area contributed by atoms with Crippen LogP contribution in [0.2, 0.25) is 0 Å². The molecule has 0 radical (unpaired) electrons. The van der Waals surface area contributed by atoms with Crippen LogP contribution in [0.4, 0.5) is 0 Å². The van der Waals surface area contributed by atoms with Gasteiger partial charge in [-0.25, -0.2) is 0 Å². The summed E-state index contributed by atoms with van der Waals surface area (Å²) in [6.07, 6.45) is 5.70. The zero-order valence-corrected chi connectivity index (χ0v) is 8.08. The molecule has 1 unspecified atom stereocenters. The van der Waals surface area contributed by atoms with Crippen molar-refractivity contribution in [3.63, 3.8) is 0 Å². The molecule has 0 aromatic heterocycles. The lowest BCUT2D eigenvalue weighted by molar-refractivity contribution is 0.315. The second kappa shape index (κ2) is 4.48. The first-order chi connectivity index (χ1) is 5.74. The van der Waals surface area contributed by atoms with E-state index in [1.54, 1.807) is 0 Å². The minimum atomic E-state index is 0.781. The lowest BCUT2D eigenvalue weighted by Gasteiger charge is -2.17. The van der Waals surface area contributed by atoms with E-state index in [0.29, 0.717) is 0 Å². The SMILES string of the molecule is CC(C)C1CCC/C(=N/O)CC1. The third kappa shape index (κ3) is 2.50. The fourth-order valence-electron chi connectivity index (χ4n) is 1.96. The van der Waals surface area contributed by atoms with Gasteiger partial charge < -0.3 is 5.21 Å². The highest BCUT2D eigenvalue weighted by Crippen LogP contribution is 2.27. The smallest absolute Gasteiger partial charge is 0.0571 e. The van der Waals surface area contributed by atoms with Crippen molar-refractivity contribution in [3.05, 3.63) is 0 Å². The summed E-state index contributed by atoms with van der Waals surface area (Å²) in [6, 6.07) is 0. The van der Waals surface area contributed by atoms with E-state index in [9.17, 15) is 0 Å². The summed E-state index contributed by atoms with van der Waals surface area (Å²) in [7, 11) is 0. The average molecular weight is 169 g/mol. The summed E-state index contributed by atoms with van der Waals surface area (Å²) in [5, 5.41) is 11.9. The number of nitrogens with zero attached hydrogens (tertiary/aromatic N) is 1. The van der Waals surface area contributed by atoms with Gasteiger partial charge in [-0.05, 0) is 43.9 Å². The van der Waals surface area contributed by atoms with E-state index in [1.165, 1.54) is 19.3 Å². The van der Waals surface area contributed by atoms with Crippen molar-refractivity contribution in [2.24, 2.45) is 17.0 Å². The van der Waals surface area contributed by atoms with Crippen molar-refractivity contribution >= 4 is 5.71 Å². The molecular formula is C10H19NO. The molecule has 0 bridgehead atoms. The first-order valence-electron chi connectivity index (χ1n) is 4.94. The van der Waals surface area contributed by atoms with Gasteiger partial charge in [-0.3, -0.25) is 0 Å². The maximum atomic E-state index is 8.63. The number of hydrogen-bond donors (Lipinski definition) is 1. The highest BCUT2D eigenvalue weighted by Gasteiger charge is 2.18. The van der Waals surface area contributed by atoms with Crippen LogP contribution < -0.4 is 0 Å². The third-order valence-electron chi connectivity index (χ3n) is 2.93. The lowest BCUT2D eigenvalue weighted by Crippen LogP contribution is -2.07. The number of rotatable bonds is 1. The molecule has 0 amide bonds. The Labute approximate surface area is 74.7 Å². The van der Waals surface area contributed by atoms with Crippen molar-refractivity contribution < 1.29 is 5.21 Å². The Kier molecular flexibility index (Phi) is 3.57. The van der Waals surface area contributed by atoms with Gasteiger partial charge in [-0.15, -0.1) is 0 Å². The maximum Gasteiger partial charge on any atom is 0.0571 e. The quantitative estimate of drug-likeness (QED) is 0.365. The van der Waals surface area contributed by atoms with Crippen molar-refractivity contribution in [2.75, 3.05) is 0 Å². The van der Waals surface area contributed by atoms with Crippen LogP contribution in [0.3, 0.4) is 0 Å². The van der Waals surface area contributed by atoms with Crippen LogP contribution in [-0.2, 0) is 0 Å². The molecule has 1 aliphatic carbocycles. The largest absolute Gasteiger partial charge is 0.411 e. The highest BCUT2D eigenvalue weighted by molar-refractivity contribution is 5.84. The molecule has 0 aromatic rings. The van der Waals surface area contributed by atoms with E-state index in [-0.39, 0.29) is 0 Å². The molecule has 1 aliphatic rings. The molecule has 0 aliphatic heterocycles. The predicted octanol–water partition coefficient (Wildman–Crippen LogP) is 3.05. The number of oxime groups is 1. The maximum absolute atomic E-state index is 8.63. The van der Waals surface area contributed by atoms with Crippen LogP contribution >= 0.6 is 0 Å². The molecule has 70 valence electrons. The topological polar surface area (TPSA) is 32.6 Å². The van der Waals surface area contributed by atoms with Crippen molar-refractivity contribution in [2.45, 2.75) is 46.0 Å². The van der Waals surface area contributed by atoms with Gasteiger partial charge in [0.25, 0.3) is 0 Å². The van der Waals surface area contributed by atoms with Crippen molar-refractivity contribution in [1.29, 1.82) is 0 Å². The monoisotopic (exact) mass is 169 g/mol. The molecule has 1 N–H and O–H groups in total. The van der Waals surface area contributed by atoms with E-state index < -0.39 is 0 Å². The Morgan fingerprint density at radius 2 is 2.08 bits per heavy atom. The van der Waals surface area contributed by atoms with Gasteiger partial charge in [0.15, 0.2) is 0 Å². The van der Waals surface area contributed by atoms with Gasteiger partial charge in [-0.2, -0.15) is 0 Å². The summed E-state index contributed by atoms with van der Waals surface area (Å²) in [4.78, 5) is 0. The van der Waals surface area contributed by atoms with Gasteiger partial charge in [0.1, 0.15) is 0 Å². The molecule has 1 fully saturated rings. The van der Waals surface area contributed by atoms with Gasteiger partial charge in [-0.1, -0.05) is 19.0 Å². The van der Waals surface area contributed by atoms with E-state index >= 15 is 0 Å². The standard InChI is InChI=1S/C10H19NO/c1-8(2)9-4-3-5-10(11-12)7-6-9/h8-9,12H,3-7H2,1-2H3/b11-10-. The molecule has 0 aromatic carbocycles. The Hall–Kier alpha value is -0.530. The summed E-state index contributed by atoms with van der Waals surface area (Å²) < 4.78 is 0. The molecule has 2 heteroatoms. The molecule has 1 saturated carbocycles. The van der Waals surface area contributed by atoms with Crippen LogP contribution in [0.1, 0.15) is 46.0 Å². The molecule has 1 atom stereocenters. The third-order valence-corrected chi connectivity index (χ3v) is 2.93. The van der Waals surface area contributed by atoms with Crippen molar-refractivity contribution in [1.82, 2.24) is 0 Å².